The van der Waals surface area contributed by atoms with E-state index in [1.165, 1.54) is 22.6 Å². The van der Waals surface area contributed by atoms with Crippen LogP contribution in [0.2, 0.25) is 0 Å². The van der Waals surface area contributed by atoms with Gasteiger partial charge in [0.15, 0.2) is 3.70 Å². The van der Waals surface area contributed by atoms with E-state index < -0.39 is 38.0 Å². The number of hydrogen-bond acceptors (Lipinski definition) is 3. The minimum Gasteiger partial charge on any atom is -0.258 e. The summed E-state index contributed by atoms with van der Waals surface area (Å²) in [7, 11) is 0. The second kappa shape index (κ2) is 4.66. The van der Waals surface area contributed by atoms with Crippen molar-refractivity contribution in [1.82, 2.24) is 4.98 Å². The average molecular weight is 368 g/mol. The highest BCUT2D eigenvalue weighted by Crippen LogP contribution is 2.41. The number of aromatic nitrogens is 1. The van der Waals surface area contributed by atoms with Crippen molar-refractivity contribution in [3.05, 3.63) is 31.1 Å². The van der Waals surface area contributed by atoms with Crippen LogP contribution in [0.5, 0.6) is 0 Å². The normalized spacial score (nSPS) is 11.9. The highest BCUT2D eigenvalue weighted by molar-refractivity contribution is 14.1. The van der Waals surface area contributed by atoms with Crippen molar-refractivity contribution in [3.63, 3.8) is 0 Å². The molecule has 0 fully saturated rings. The number of rotatable bonds is 2. The lowest BCUT2D eigenvalue weighted by molar-refractivity contribution is -0.387. The molecular formula is C7H2F5IN2O2. The molecular weight excluding hydrogens is 366 g/mol. The molecule has 1 aromatic heterocycles. The fourth-order valence-corrected chi connectivity index (χ4v) is 1.74. The summed E-state index contributed by atoms with van der Waals surface area (Å²) >= 11 is 1.23. The molecule has 4 nitrogen and oxygen atoms in total. The highest BCUT2D eigenvalue weighted by atomic mass is 127. The third-order valence-corrected chi connectivity index (χ3v) is 2.54. The molecule has 0 aromatic carbocycles. The van der Waals surface area contributed by atoms with Gasteiger partial charge in [-0.2, -0.15) is 13.2 Å². The van der Waals surface area contributed by atoms with Gasteiger partial charge in [-0.3, -0.25) is 10.1 Å². The summed E-state index contributed by atoms with van der Waals surface area (Å²) in [6.07, 6.45) is -8.56. The Kier molecular flexibility index (Phi) is 3.84. The third-order valence-electron chi connectivity index (χ3n) is 1.75. The maximum atomic E-state index is 12.5. The van der Waals surface area contributed by atoms with Crippen molar-refractivity contribution in [2.75, 3.05) is 0 Å². The Bertz CT molecular complexity index is 462. The van der Waals surface area contributed by atoms with Crippen LogP contribution in [0.15, 0.2) is 6.20 Å². The van der Waals surface area contributed by atoms with E-state index in [0.29, 0.717) is 0 Å². The summed E-state index contributed by atoms with van der Waals surface area (Å²) in [6.45, 7) is 0. The van der Waals surface area contributed by atoms with Gasteiger partial charge >= 0.3 is 11.9 Å². The first-order chi connectivity index (χ1) is 7.66. The van der Waals surface area contributed by atoms with E-state index in [-0.39, 0.29) is 6.20 Å². The van der Waals surface area contributed by atoms with Crippen LogP contribution in [0.3, 0.4) is 0 Å². The maximum Gasteiger partial charge on any atom is 0.418 e. The van der Waals surface area contributed by atoms with Crippen LogP contribution < -0.4 is 0 Å². The van der Waals surface area contributed by atoms with Gasteiger partial charge in [0, 0.05) is 6.20 Å². The predicted molar refractivity (Wildman–Crippen MR) is 53.6 cm³/mol. The first kappa shape index (κ1) is 14.0. The van der Waals surface area contributed by atoms with Crippen molar-refractivity contribution < 1.29 is 26.9 Å². The van der Waals surface area contributed by atoms with Gasteiger partial charge < -0.3 is 0 Å². The predicted octanol–water partition coefficient (Wildman–Crippen LogP) is 3.55. The van der Waals surface area contributed by atoms with Crippen molar-refractivity contribution in [3.8, 4) is 0 Å². The molecule has 0 amide bonds. The van der Waals surface area contributed by atoms with Crippen LogP contribution >= 0.6 is 22.6 Å². The van der Waals surface area contributed by atoms with Gasteiger partial charge in [0.1, 0.15) is 5.56 Å². The Morgan fingerprint density at radius 3 is 2.29 bits per heavy atom. The fraction of sp³-hybridized carbons (Fsp3) is 0.286. The third kappa shape index (κ3) is 2.79. The number of halogens is 6. The zero-order chi connectivity index (χ0) is 13.4. The molecule has 0 radical (unpaired) electrons. The molecule has 1 aromatic rings. The topological polar surface area (TPSA) is 56.0 Å². The van der Waals surface area contributed by atoms with Crippen molar-refractivity contribution in [2.24, 2.45) is 0 Å². The number of pyridine rings is 1. The Labute approximate surface area is 104 Å². The zero-order valence-corrected chi connectivity index (χ0v) is 9.79. The van der Waals surface area contributed by atoms with E-state index in [2.05, 4.69) is 4.98 Å². The second-order valence-electron chi connectivity index (χ2n) is 2.78. The van der Waals surface area contributed by atoms with Crippen LogP contribution in [-0.4, -0.2) is 9.91 Å². The van der Waals surface area contributed by atoms with Gasteiger partial charge in [-0.15, -0.1) is 0 Å². The quantitative estimate of drug-likeness (QED) is 0.264. The van der Waals surface area contributed by atoms with E-state index in [9.17, 15) is 32.1 Å². The summed E-state index contributed by atoms with van der Waals surface area (Å²) in [5.74, 6) is 0. The van der Waals surface area contributed by atoms with E-state index >= 15 is 0 Å². The lowest BCUT2D eigenvalue weighted by Crippen LogP contribution is -2.13. The lowest BCUT2D eigenvalue weighted by Gasteiger charge is -2.12. The van der Waals surface area contributed by atoms with Crippen LogP contribution in [0.4, 0.5) is 27.6 Å². The molecule has 0 saturated heterocycles. The first-order valence-corrected chi connectivity index (χ1v) is 4.92. The van der Waals surface area contributed by atoms with Gasteiger partial charge in [-0.05, 0) is 22.6 Å². The minimum absolute atomic E-state index is 0.163. The fourth-order valence-electron chi connectivity index (χ4n) is 1.11. The summed E-state index contributed by atoms with van der Waals surface area (Å²) < 4.78 is 61.7. The monoisotopic (exact) mass is 368 g/mol. The van der Waals surface area contributed by atoms with Crippen molar-refractivity contribution in [1.29, 1.82) is 0 Å². The van der Waals surface area contributed by atoms with Crippen molar-refractivity contribution >= 4 is 28.3 Å². The number of nitrogens with zero attached hydrogens (tertiary/aromatic N) is 2. The van der Waals surface area contributed by atoms with Crippen LogP contribution in [0.1, 0.15) is 17.6 Å². The van der Waals surface area contributed by atoms with Crippen LogP contribution in [0.25, 0.3) is 0 Å². The molecule has 0 N–H and O–H groups in total. The maximum absolute atomic E-state index is 12.5. The number of hydrogen-bond donors (Lipinski definition) is 0. The molecule has 0 bridgehead atoms. The van der Waals surface area contributed by atoms with E-state index in [0.717, 1.165) is 0 Å². The van der Waals surface area contributed by atoms with Crippen molar-refractivity contribution in [2.45, 2.75) is 12.6 Å². The Morgan fingerprint density at radius 2 is 1.94 bits per heavy atom. The van der Waals surface area contributed by atoms with E-state index in [4.69, 9.17) is 0 Å². The van der Waals surface area contributed by atoms with Gasteiger partial charge in [0.25, 0.3) is 6.43 Å². The molecule has 17 heavy (non-hydrogen) atoms. The van der Waals surface area contributed by atoms with Crippen LogP contribution in [0, 0.1) is 13.8 Å². The molecule has 94 valence electrons. The molecule has 0 aliphatic carbocycles. The Hall–Kier alpha value is -1.07. The van der Waals surface area contributed by atoms with E-state index in [1.54, 1.807) is 0 Å². The molecule has 0 spiro atoms. The molecule has 10 heteroatoms. The summed E-state index contributed by atoms with van der Waals surface area (Å²) in [4.78, 5) is 12.3. The molecule has 0 aliphatic rings. The molecule has 1 heterocycles. The number of nitro groups is 1. The largest absolute Gasteiger partial charge is 0.418 e. The van der Waals surface area contributed by atoms with Crippen LogP contribution in [-0.2, 0) is 6.18 Å². The van der Waals surface area contributed by atoms with Gasteiger partial charge in [0.05, 0.1) is 10.5 Å². The van der Waals surface area contributed by atoms with Gasteiger partial charge in [-0.1, -0.05) is 0 Å². The number of alkyl halides is 5. The molecule has 0 unspecified atom stereocenters. The Balaban J connectivity index is 3.65. The summed E-state index contributed by atoms with van der Waals surface area (Å²) in [5.41, 5.74) is -4.75. The molecule has 0 aliphatic heterocycles. The van der Waals surface area contributed by atoms with E-state index in [1.807, 2.05) is 0 Å². The first-order valence-electron chi connectivity index (χ1n) is 3.84. The zero-order valence-electron chi connectivity index (χ0n) is 7.63. The molecule has 0 atom stereocenters. The standard InChI is InChI=1S/C7H2F5IN2O2/c8-5(9)3-2(7(10,11)12)1-14-6(13)4(3)15(16)17/h1,5H. The van der Waals surface area contributed by atoms with Gasteiger partial charge in [0.2, 0.25) is 0 Å². The average Bonchev–Trinajstić information content (AvgIpc) is 2.14. The smallest absolute Gasteiger partial charge is 0.258 e. The summed E-state index contributed by atoms with van der Waals surface area (Å²) in [6, 6.07) is 0. The summed E-state index contributed by atoms with van der Waals surface area (Å²) in [5, 5.41) is 10.5. The second-order valence-corrected chi connectivity index (χ2v) is 3.80. The highest BCUT2D eigenvalue weighted by Gasteiger charge is 2.41. The Morgan fingerprint density at radius 1 is 1.41 bits per heavy atom. The van der Waals surface area contributed by atoms with Gasteiger partial charge in [-0.25, -0.2) is 13.8 Å². The molecule has 0 saturated carbocycles. The molecule has 1 rings (SSSR count). The lowest BCUT2D eigenvalue weighted by atomic mass is 10.1. The SMILES string of the molecule is O=[N+]([O-])c1c(I)ncc(C(F)(F)F)c1C(F)F. The minimum atomic E-state index is -5.12.